The van der Waals surface area contributed by atoms with Crippen LogP contribution in [0.5, 0.6) is 0 Å². The van der Waals surface area contributed by atoms with Crippen LogP contribution in [0.4, 0.5) is 5.69 Å². The number of hydrogen-bond donors (Lipinski definition) is 1. The predicted octanol–water partition coefficient (Wildman–Crippen LogP) is 2.73. The van der Waals surface area contributed by atoms with Crippen LogP contribution in [0.2, 0.25) is 0 Å². The molecular formula is C15H17N3O2S. The lowest BCUT2D eigenvalue weighted by Crippen LogP contribution is -2.42. The number of nitro groups is 1. The average Bonchev–Trinajstić information content (AvgIpc) is 2.96. The normalized spacial score (nSPS) is 16.0. The third-order valence-electron chi connectivity index (χ3n) is 3.62. The van der Waals surface area contributed by atoms with Crippen LogP contribution < -0.4 is 5.32 Å². The van der Waals surface area contributed by atoms with Gasteiger partial charge in [0.05, 0.1) is 10.5 Å². The molecule has 2 aromatic rings. The summed E-state index contributed by atoms with van der Waals surface area (Å²) in [6.07, 6.45) is 0. The van der Waals surface area contributed by atoms with Gasteiger partial charge in [-0.1, -0.05) is 12.1 Å². The van der Waals surface area contributed by atoms with Crippen molar-refractivity contribution in [2.45, 2.75) is 6.54 Å². The Morgan fingerprint density at radius 2 is 1.95 bits per heavy atom. The first-order valence-corrected chi connectivity index (χ1v) is 7.81. The minimum absolute atomic E-state index is 0.174. The molecule has 0 spiro atoms. The van der Waals surface area contributed by atoms with Crippen molar-refractivity contribution in [2.75, 3.05) is 26.2 Å². The van der Waals surface area contributed by atoms with Gasteiger partial charge in [-0.25, -0.2) is 0 Å². The average molecular weight is 303 g/mol. The zero-order chi connectivity index (χ0) is 14.7. The molecule has 2 heterocycles. The Kier molecular flexibility index (Phi) is 4.28. The highest BCUT2D eigenvalue weighted by atomic mass is 32.1. The molecule has 0 atom stereocenters. The second-order valence-electron chi connectivity index (χ2n) is 5.07. The molecule has 0 aliphatic carbocycles. The molecule has 1 N–H and O–H groups in total. The molecule has 6 heteroatoms. The molecule has 0 saturated carbocycles. The highest BCUT2D eigenvalue weighted by Crippen LogP contribution is 2.34. The van der Waals surface area contributed by atoms with E-state index < -0.39 is 0 Å². The fraction of sp³-hybridized carbons (Fsp3) is 0.333. The summed E-state index contributed by atoms with van der Waals surface area (Å²) in [6, 6.07) is 11.0. The summed E-state index contributed by atoms with van der Waals surface area (Å²) in [5.41, 5.74) is 0.882. The van der Waals surface area contributed by atoms with Gasteiger partial charge in [0, 0.05) is 48.5 Å². The van der Waals surface area contributed by atoms with E-state index in [2.05, 4.69) is 16.3 Å². The maximum atomic E-state index is 11.1. The van der Waals surface area contributed by atoms with E-state index >= 15 is 0 Å². The molecular weight excluding hydrogens is 286 g/mol. The molecule has 21 heavy (non-hydrogen) atoms. The summed E-state index contributed by atoms with van der Waals surface area (Å²) in [6.45, 7) is 5.09. The van der Waals surface area contributed by atoms with Gasteiger partial charge in [0.2, 0.25) is 0 Å². The van der Waals surface area contributed by atoms with Gasteiger partial charge in [-0.05, 0) is 18.2 Å². The van der Waals surface area contributed by atoms with Gasteiger partial charge in [0.1, 0.15) is 0 Å². The molecule has 3 rings (SSSR count). The maximum absolute atomic E-state index is 11.1. The van der Waals surface area contributed by atoms with E-state index in [1.807, 2.05) is 18.2 Å². The van der Waals surface area contributed by atoms with E-state index in [9.17, 15) is 10.1 Å². The zero-order valence-corrected chi connectivity index (χ0v) is 12.4. The molecule has 0 radical (unpaired) electrons. The topological polar surface area (TPSA) is 58.4 Å². The van der Waals surface area contributed by atoms with Crippen molar-refractivity contribution in [3.63, 3.8) is 0 Å². The third-order valence-corrected chi connectivity index (χ3v) is 4.72. The Bertz CT molecular complexity index is 635. The first-order chi connectivity index (χ1) is 10.2. The summed E-state index contributed by atoms with van der Waals surface area (Å²) in [7, 11) is 0. The molecule has 0 bridgehead atoms. The Hall–Kier alpha value is -1.76. The van der Waals surface area contributed by atoms with Crippen LogP contribution in [0.3, 0.4) is 0 Å². The summed E-state index contributed by atoms with van der Waals surface area (Å²) < 4.78 is 0. The smallest absolute Gasteiger partial charge is 0.278 e. The van der Waals surface area contributed by atoms with E-state index in [1.54, 1.807) is 23.5 Å². The van der Waals surface area contributed by atoms with Gasteiger partial charge in [0.25, 0.3) is 5.69 Å². The summed E-state index contributed by atoms with van der Waals surface area (Å²) in [4.78, 5) is 15.4. The number of thiophene rings is 1. The van der Waals surface area contributed by atoms with E-state index in [0.29, 0.717) is 5.56 Å². The molecule has 0 amide bonds. The Morgan fingerprint density at radius 3 is 2.71 bits per heavy atom. The van der Waals surface area contributed by atoms with Crippen molar-refractivity contribution in [2.24, 2.45) is 0 Å². The quantitative estimate of drug-likeness (QED) is 0.697. The third kappa shape index (κ3) is 3.29. The van der Waals surface area contributed by atoms with Crippen molar-refractivity contribution in [1.29, 1.82) is 0 Å². The molecule has 1 aromatic carbocycles. The Balaban J connectivity index is 1.80. The molecule has 5 nitrogen and oxygen atoms in total. The highest BCUT2D eigenvalue weighted by molar-refractivity contribution is 7.15. The number of nitrogens with zero attached hydrogens (tertiary/aromatic N) is 2. The fourth-order valence-electron chi connectivity index (χ4n) is 2.54. The van der Waals surface area contributed by atoms with Crippen molar-refractivity contribution < 1.29 is 4.92 Å². The van der Waals surface area contributed by atoms with Crippen LogP contribution in [0.25, 0.3) is 10.4 Å². The molecule has 0 unspecified atom stereocenters. The van der Waals surface area contributed by atoms with Gasteiger partial charge in [-0.15, -0.1) is 11.3 Å². The molecule has 1 aliphatic heterocycles. The second kappa shape index (κ2) is 6.34. The lowest BCUT2D eigenvalue weighted by molar-refractivity contribution is -0.384. The maximum Gasteiger partial charge on any atom is 0.278 e. The molecule has 1 saturated heterocycles. The summed E-state index contributed by atoms with van der Waals surface area (Å²) >= 11 is 1.64. The standard InChI is InChI=1S/C15H17N3O2S/c19-18(20)14-4-2-1-3-13(14)15-6-5-12(21-15)11-17-9-7-16-8-10-17/h1-6,16H,7-11H2. The number of benzene rings is 1. The SMILES string of the molecule is O=[N+]([O-])c1ccccc1-c1ccc(CN2CCNCC2)s1. The lowest BCUT2D eigenvalue weighted by atomic mass is 10.1. The molecule has 1 fully saturated rings. The van der Waals surface area contributed by atoms with Gasteiger partial charge in [0.15, 0.2) is 0 Å². The van der Waals surface area contributed by atoms with E-state index in [1.165, 1.54) is 4.88 Å². The van der Waals surface area contributed by atoms with Gasteiger partial charge in [-0.2, -0.15) is 0 Å². The van der Waals surface area contributed by atoms with Gasteiger partial charge < -0.3 is 5.32 Å². The lowest BCUT2D eigenvalue weighted by Gasteiger charge is -2.26. The minimum Gasteiger partial charge on any atom is -0.314 e. The van der Waals surface area contributed by atoms with Crippen LogP contribution in [0.1, 0.15) is 4.88 Å². The predicted molar refractivity (Wildman–Crippen MR) is 84.6 cm³/mol. The summed E-state index contributed by atoms with van der Waals surface area (Å²) in [5.74, 6) is 0. The second-order valence-corrected chi connectivity index (χ2v) is 6.23. The van der Waals surface area contributed by atoms with Gasteiger partial charge in [-0.3, -0.25) is 15.0 Å². The minimum atomic E-state index is -0.314. The number of rotatable bonds is 4. The van der Waals surface area contributed by atoms with E-state index in [4.69, 9.17) is 0 Å². The van der Waals surface area contributed by atoms with Crippen LogP contribution >= 0.6 is 11.3 Å². The largest absolute Gasteiger partial charge is 0.314 e. The molecule has 1 aliphatic rings. The first kappa shape index (κ1) is 14.2. The molecule has 1 aromatic heterocycles. The van der Waals surface area contributed by atoms with Crippen LogP contribution in [-0.2, 0) is 6.54 Å². The fourth-order valence-corrected chi connectivity index (χ4v) is 3.62. The van der Waals surface area contributed by atoms with Gasteiger partial charge >= 0.3 is 0 Å². The van der Waals surface area contributed by atoms with Crippen molar-refractivity contribution in [1.82, 2.24) is 10.2 Å². The summed E-state index contributed by atoms with van der Waals surface area (Å²) in [5, 5.41) is 14.5. The Labute approximate surface area is 127 Å². The number of nitro benzene ring substituents is 1. The van der Waals surface area contributed by atoms with Crippen molar-refractivity contribution in [3.05, 3.63) is 51.4 Å². The first-order valence-electron chi connectivity index (χ1n) is 6.99. The number of nitrogens with one attached hydrogen (secondary N) is 1. The number of para-hydroxylation sites is 1. The van der Waals surface area contributed by atoms with E-state index in [-0.39, 0.29) is 10.6 Å². The number of hydrogen-bond acceptors (Lipinski definition) is 5. The highest BCUT2D eigenvalue weighted by Gasteiger charge is 2.17. The van der Waals surface area contributed by atoms with Crippen molar-refractivity contribution in [3.8, 4) is 10.4 Å². The van der Waals surface area contributed by atoms with Crippen LogP contribution in [0, 0.1) is 10.1 Å². The van der Waals surface area contributed by atoms with Crippen LogP contribution in [0.15, 0.2) is 36.4 Å². The zero-order valence-electron chi connectivity index (χ0n) is 11.6. The number of piperazine rings is 1. The Morgan fingerprint density at radius 1 is 1.19 bits per heavy atom. The monoisotopic (exact) mass is 303 g/mol. The van der Waals surface area contributed by atoms with Crippen molar-refractivity contribution >= 4 is 17.0 Å². The molecule has 110 valence electrons. The van der Waals surface area contributed by atoms with E-state index in [0.717, 1.165) is 37.6 Å². The van der Waals surface area contributed by atoms with Crippen LogP contribution in [-0.4, -0.2) is 36.0 Å².